The molecule has 0 fully saturated rings. The van der Waals surface area contributed by atoms with Gasteiger partial charge in [0.25, 0.3) is 0 Å². The van der Waals surface area contributed by atoms with E-state index in [1.165, 1.54) is 19.2 Å². The molecule has 0 radical (unpaired) electrons. The molecule has 0 aliphatic carbocycles. The van der Waals surface area contributed by atoms with E-state index < -0.39 is 11.8 Å². The van der Waals surface area contributed by atoms with Crippen molar-refractivity contribution in [3.8, 4) is 5.75 Å². The highest BCUT2D eigenvalue weighted by Gasteiger charge is 2.22. The second kappa shape index (κ2) is 6.93. The lowest BCUT2D eigenvalue weighted by atomic mass is 9.97. The third kappa shape index (κ3) is 3.63. The highest BCUT2D eigenvalue weighted by Crippen LogP contribution is 2.22. The summed E-state index contributed by atoms with van der Waals surface area (Å²) in [5.74, 6) is -1.46. The number of carboxylic acid groups (broad SMARTS) is 1. The van der Waals surface area contributed by atoms with Crippen molar-refractivity contribution in [2.75, 3.05) is 13.7 Å². The van der Waals surface area contributed by atoms with E-state index in [0.29, 0.717) is 25.1 Å². The molecule has 1 aliphatic heterocycles. The van der Waals surface area contributed by atoms with E-state index in [-0.39, 0.29) is 23.6 Å². The minimum absolute atomic E-state index is 0.0921. The van der Waals surface area contributed by atoms with Crippen molar-refractivity contribution in [1.82, 2.24) is 4.90 Å². The molecule has 0 bridgehead atoms. The highest BCUT2D eigenvalue weighted by molar-refractivity contribution is 5.88. The molecule has 0 spiro atoms. The van der Waals surface area contributed by atoms with Crippen molar-refractivity contribution in [2.45, 2.75) is 19.4 Å². The number of hydrogen-bond donors (Lipinski definition) is 1. The maximum Gasteiger partial charge on any atom is 0.335 e. The fraction of sp³-hybridized carbons (Fsp3) is 0.263. The summed E-state index contributed by atoms with van der Waals surface area (Å²) < 4.78 is 18.6. The summed E-state index contributed by atoms with van der Waals surface area (Å²) in [6.45, 7) is 0.935. The van der Waals surface area contributed by atoms with Crippen molar-refractivity contribution in [1.29, 1.82) is 0 Å². The van der Waals surface area contributed by atoms with E-state index >= 15 is 0 Å². The van der Waals surface area contributed by atoms with Crippen LogP contribution in [0.25, 0.3) is 0 Å². The average molecular weight is 343 g/mol. The summed E-state index contributed by atoms with van der Waals surface area (Å²) >= 11 is 0. The van der Waals surface area contributed by atoms with Crippen molar-refractivity contribution in [3.05, 3.63) is 64.5 Å². The van der Waals surface area contributed by atoms with Gasteiger partial charge in [0.1, 0.15) is 0 Å². The maximum atomic E-state index is 13.8. The van der Waals surface area contributed by atoms with Crippen molar-refractivity contribution in [3.63, 3.8) is 0 Å². The van der Waals surface area contributed by atoms with Gasteiger partial charge in [-0.3, -0.25) is 4.79 Å². The van der Waals surface area contributed by atoms with Crippen LogP contribution in [0.4, 0.5) is 4.39 Å². The largest absolute Gasteiger partial charge is 0.494 e. The number of methoxy groups -OCH3 is 1. The zero-order chi connectivity index (χ0) is 18.0. The van der Waals surface area contributed by atoms with Crippen LogP contribution in [0.2, 0.25) is 0 Å². The first kappa shape index (κ1) is 17.0. The molecule has 1 N–H and O–H groups in total. The summed E-state index contributed by atoms with van der Waals surface area (Å²) in [4.78, 5) is 25.3. The SMILES string of the molecule is COc1ccc(CC(=O)N2CCc3ccc(C(=O)O)cc3C2)cc1F. The molecular weight excluding hydrogens is 325 g/mol. The number of benzene rings is 2. The van der Waals surface area contributed by atoms with Gasteiger partial charge in [0.15, 0.2) is 11.6 Å². The monoisotopic (exact) mass is 343 g/mol. The summed E-state index contributed by atoms with van der Waals surface area (Å²) in [6, 6.07) is 9.47. The number of rotatable bonds is 4. The molecule has 0 saturated heterocycles. The molecule has 6 heteroatoms. The van der Waals surface area contributed by atoms with Gasteiger partial charge in [0.2, 0.25) is 5.91 Å². The third-order valence-corrected chi connectivity index (χ3v) is 4.39. The topological polar surface area (TPSA) is 66.8 Å². The highest BCUT2D eigenvalue weighted by atomic mass is 19.1. The number of carbonyl (C=O) groups excluding carboxylic acids is 1. The number of carbonyl (C=O) groups is 2. The minimum atomic E-state index is -0.986. The molecule has 0 atom stereocenters. The summed E-state index contributed by atoms with van der Waals surface area (Å²) in [5.41, 5.74) is 2.70. The van der Waals surface area contributed by atoms with Crippen LogP contribution in [0.3, 0.4) is 0 Å². The smallest absolute Gasteiger partial charge is 0.335 e. The van der Waals surface area contributed by atoms with E-state index in [0.717, 1.165) is 11.1 Å². The maximum absolute atomic E-state index is 13.8. The van der Waals surface area contributed by atoms with E-state index in [1.807, 2.05) is 0 Å². The Balaban J connectivity index is 1.72. The molecular formula is C19H18FNO4. The number of ether oxygens (including phenoxy) is 1. The first-order valence-corrected chi connectivity index (χ1v) is 7.93. The number of carboxylic acids is 1. The lowest BCUT2D eigenvalue weighted by molar-refractivity contribution is -0.131. The molecule has 1 amide bonds. The number of halogens is 1. The molecule has 130 valence electrons. The van der Waals surface area contributed by atoms with Gasteiger partial charge in [-0.25, -0.2) is 9.18 Å². The van der Waals surface area contributed by atoms with Crippen molar-refractivity contribution >= 4 is 11.9 Å². The van der Waals surface area contributed by atoms with Crippen LogP contribution in [0.15, 0.2) is 36.4 Å². The molecule has 3 rings (SSSR count). The fourth-order valence-electron chi connectivity index (χ4n) is 3.01. The molecule has 5 nitrogen and oxygen atoms in total. The Bertz CT molecular complexity index is 834. The predicted octanol–water partition coefficient (Wildman–Crippen LogP) is 2.66. The van der Waals surface area contributed by atoms with Crippen LogP contribution >= 0.6 is 0 Å². The molecule has 1 aliphatic rings. The van der Waals surface area contributed by atoms with Gasteiger partial charge in [-0.15, -0.1) is 0 Å². The molecule has 0 unspecified atom stereocenters. The summed E-state index contributed by atoms with van der Waals surface area (Å²) in [7, 11) is 1.39. The zero-order valence-corrected chi connectivity index (χ0v) is 13.8. The number of hydrogen-bond acceptors (Lipinski definition) is 3. The van der Waals surface area contributed by atoms with E-state index in [1.54, 1.807) is 29.2 Å². The number of fused-ring (bicyclic) bond motifs is 1. The molecule has 0 aromatic heterocycles. The van der Waals surface area contributed by atoms with Crippen molar-refractivity contribution in [2.24, 2.45) is 0 Å². The molecule has 1 heterocycles. The lowest BCUT2D eigenvalue weighted by Crippen LogP contribution is -2.37. The molecule has 25 heavy (non-hydrogen) atoms. The fourth-order valence-corrected chi connectivity index (χ4v) is 3.01. The quantitative estimate of drug-likeness (QED) is 0.927. The summed E-state index contributed by atoms with van der Waals surface area (Å²) in [5, 5.41) is 9.10. The number of amides is 1. The van der Waals surface area contributed by atoms with E-state index in [9.17, 15) is 14.0 Å². The van der Waals surface area contributed by atoms with Gasteiger partial charge in [-0.05, 0) is 47.4 Å². The average Bonchev–Trinajstić information content (AvgIpc) is 2.60. The first-order valence-electron chi connectivity index (χ1n) is 7.93. The van der Waals surface area contributed by atoms with Crippen LogP contribution in [-0.4, -0.2) is 35.5 Å². The Hall–Kier alpha value is -2.89. The summed E-state index contributed by atoms with van der Waals surface area (Å²) in [6.07, 6.45) is 0.771. The third-order valence-electron chi connectivity index (χ3n) is 4.39. The Labute approximate surface area is 144 Å². The predicted molar refractivity (Wildman–Crippen MR) is 89.2 cm³/mol. The zero-order valence-electron chi connectivity index (χ0n) is 13.8. The first-order chi connectivity index (χ1) is 12.0. The van der Waals surface area contributed by atoms with Gasteiger partial charge in [-0.1, -0.05) is 12.1 Å². The Morgan fingerprint density at radius 3 is 2.68 bits per heavy atom. The second-order valence-corrected chi connectivity index (χ2v) is 6.00. The van der Waals surface area contributed by atoms with Crippen LogP contribution in [0.5, 0.6) is 5.75 Å². The van der Waals surface area contributed by atoms with Gasteiger partial charge in [0, 0.05) is 13.1 Å². The molecule has 2 aromatic carbocycles. The number of aromatic carboxylic acids is 1. The molecule has 0 saturated carbocycles. The van der Waals surface area contributed by atoms with Gasteiger partial charge in [-0.2, -0.15) is 0 Å². The second-order valence-electron chi connectivity index (χ2n) is 6.00. The van der Waals surface area contributed by atoms with Crippen LogP contribution in [0.1, 0.15) is 27.0 Å². The van der Waals surface area contributed by atoms with Gasteiger partial charge in [0.05, 0.1) is 19.1 Å². The van der Waals surface area contributed by atoms with E-state index in [4.69, 9.17) is 9.84 Å². The Morgan fingerprint density at radius 1 is 1.20 bits per heavy atom. The normalized spacial score (nSPS) is 13.3. The molecule has 2 aromatic rings. The van der Waals surface area contributed by atoms with Crippen molar-refractivity contribution < 1.29 is 23.8 Å². The van der Waals surface area contributed by atoms with Gasteiger partial charge < -0.3 is 14.7 Å². The Kier molecular flexibility index (Phi) is 4.70. The Morgan fingerprint density at radius 2 is 2.00 bits per heavy atom. The number of nitrogens with zero attached hydrogens (tertiary/aromatic N) is 1. The van der Waals surface area contributed by atoms with Crippen LogP contribution in [-0.2, 0) is 24.2 Å². The van der Waals surface area contributed by atoms with Crippen LogP contribution in [0, 0.1) is 5.82 Å². The van der Waals surface area contributed by atoms with Crippen LogP contribution < -0.4 is 4.74 Å². The standard InChI is InChI=1S/C19H18FNO4/c1-25-17-5-2-12(8-16(17)20)9-18(22)21-7-6-13-3-4-14(19(23)24)10-15(13)11-21/h2-5,8,10H,6-7,9,11H2,1H3,(H,23,24). The lowest BCUT2D eigenvalue weighted by Gasteiger charge is -2.29. The minimum Gasteiger partial charge on any atom is -0.494 e. The van der Waals surface area contributed by atoms with E-state index in [2.05, 4.69) is 0 Å². The van der Waals surface area contributed by atoms with Gasteiger partial charge >= 0.3 is 5.97 Å².